The number of rotatable bonds is 15. The molecule has 0 spiro atoms. The summed E-state index contributed by atoms with van der Waals surface area (Å²) in [6.07, 6.45) is -0.473. The Morgan fingerprint density at radius 3 is 1.82 bits per heavy atom. The van der Waals surface area contributed by atoms with Crippen molar-refractivity contribution in [1.29, 1.82) is 0 Å². The molecule has 0 unspecified atom stereocenters. The summed E-state index contributed by atoms with van der Waals surface area (Å²) >= 11 is 0. The van der Waals surface area contributed by atoms with Gasteiger partial charge in [-0.1, -0.05) is 5.11 Å². The maximum Gasteiger partial charge on any atom is 0.406 e. The Hall–Kier alpha value is -1.58. The van der Waals surface area contributed by atoms with Gasteiger partial charge >= 0.3 is 6.09 Å². The first kappa shape index (κ1) is 20.4. The molecule has 22 heavy (non-hydrogen) atoms. The molecule has 0 atom stereocenters. The Labute approximate surface area is 129 Å². The molecule has 0 fully saturated rings. The summed E-state index contributed by atoms with van der Waals surface area (Å²) in [4.78, 5) is 13.3. The minimum Gasteiger partial charge on any atom is -0.447 e. The van der Waals surface area contributed by atoms with E-state index in [2.05, 4.69) is 15.3 Å². The molecule has 0 aromatic carbocycles. The molecule has 128 valence electrons. The molecule has 0 saturated heterocycles. The lowest BCUT2D eigenvalue weighted by molar-refractivity contribution is -0.00579. The summed E-state index contributed by atoms with van der Waals surface area (Å²) in [5.41, 5.74) is 8.04. The van der Waals surface area contributed by atoms with Crippen LogP contribution in [0.3, 0.4) is 0 Å². The molecule has 0 radical (unpaired) electrons. The maximum atomic E-state index is 10.7. The first-order chi connectivity index (χ1) is 10.8. The fourth-order valence-electron chi connectivity index (χ4n) is 1.18. The van der Waals surface area contributed by atoms with Gasteiger partial charge in [0.05, 0.1) is 52.9 Å². The minimum absolute atomic E-state index is 0.211. The number of hydrogen-bond acceptors (Lipinski definition) is 7. The average molecular weight is 320 g/mol. The number of hydrogen-bond donors (Lipinski definition) is 1. The molecular weight excluding hydrogens is 296 g/mol. The zero-order valence-corrected chi connectivity index (χ0v) is 12.9. The van der Waals surface area contributed by atoms with Crippen molar-refractivity contribution in [3.63, 3.8) is 0 Å². The summed E-state index contributed by atoms with van der Waals surface area (Å²) in [6, 6.07) is 0. The number of carbonyl (C=O) groups is 1. The van der Waals surface area contributed by atoms with Crippen LogP contribution in [0.25, 0.3) is 10.4 Å². The van der Waals surface area contributed by atoms with Crippen LogP contribution in [0.2, 0.25) is 0 Å². The largest absolute Gasteiger partial charge is 0.447 e. The Bertz CT molecular complexity index is 312. The quantitative estimate of drug-likeness (QED) is 0.205. The van der Waals surface area contributed by atoms with Crippen LogP contribution in [0.5, 0.6) is 0 Å². The highest BCUT2D eigenvalue weighted by Gasteiger charge is 1.96. The van der Waals surface area contributed by atoms with E-state index in [4.69, 9.17) is 29.2 Å². The van der Waals surface area contributed by atoms with Crippen LogP contribution in [0.15, 0.2) is 5.11 Å². The Balaban J connectivity index is 3.02. The second kappa shape index (κ2) is 17.5. The van der Waals surface area contributed by atoms with E-state index in [0.717, 1.165) is 0 Å². The third-order valence-corrected chi connectivity index (χ3v) is 2.18. The molecule has 0 heterocycles. The van der Waals surface area contributed by atoms with E-state index in [0.29, 0.717) is 59.4 Å². The van der Waals surface area contributed by atoms with Gasteiger partial charge in [0.2, 0.25) is 0 Å². The number of nitrogens with one attached hydrogen (secondary N) is 1. The van der Waals surface area contributed by atoms with Gasteiger partial charge in [-0.2, -0.15) is 0 Å². The molecule has 0 aliphatic heterocycles. The second-order valence-electron chi connectivity index (χ2n) is 3.79. The van der Waals surface area contributed by atoms with Crippen LogP contribution < -0.4 is 5.32 Å². The zero-order chi connectivity index (χ0) is 16.3. The first-order valence-corrected chi connectivity index (χ1v) is 6.97. The monoisotopic (exact) mass is 320 g/mol. The van der Waals surface area contributed by atoms with Crippen LogP contribution in [0.4, 0.5) is 4.79 Å². The molecule has 0 bridgehead atoms. The van der Waals surface area contributed by atoms with E-state index in [1.54, 1.807) is 0 Å². The van der Waals surface area contributed by atoms with Gasteiger partial charge in [-0.25, -0.2) is 4.79 Å². The molecule has 0 aromatic heterocycles. The zero-order valence-electron chi connectivity index (χ0n) is 12.9. The van der Waals surface area contributed by atoms with Crippen LogP contribution >= 0.6 is 0 Å². The molecule has 0 rings (SSSR count). The SMILES string of the molecule is CNC(=O)OCCOCCOCCOCCOCCN=[N+]=[N-]. The smallest absolute Gasteiger partial charge is 0.406 e. The third-order valence-electron chi connectivity index (χ3n) is 2.18. The molecule has 1 N–H and O–H groups in total. The predicted octanol–water partition coefficient (Wildman–Crippen LogP) is 0.719. The van der Waals surface area contributed by atoms with Crippen LogP contribution in [-0.2, 0) is 23.7 Å². The van der Waals surface area contributed by atoms with E-state index in [9.17, 15) is 4.79 Å². The number of azide groups is 1. The molecule has 0 aromatic rings. The fraction of sp³-hybridized carbons (Fsp3) is 0.917. The highest BCUT2D eigenvalue weighted by molar-refractivity contribution is 5.66. The second-order valence-corrected chi connectivity index (χ2v) is 3.79. The van der Waals surface area contributed by atoms with E-state index in [1.807, 2.05) is 0 Å². The lowest BCUT2D eigenvalue weighted by Gasteiger charge is -2.07. The summed E-state index contributed by atoms with van der Waals surface area (Å²) in [7, 11) is 1.49. The predicted molar refractivity (Wildman–Crippen MR) is 77.7 cm³/mol. The van der Waals surface area contributed by atoms with Gasteiger partial charge in [-0.3, -0.25) is 0 Å². The molecular formula is C12H24N4O6. The van der Waals surface area contributed by atoms with Gasteiger partial charge < -0.3 is 29.0 Å². The molecule has 0 saturated carbocycles. The topological polar surface area (TPSA) is 124 Å². The van der Waals surface area contributed by atoms with Crippen molar-refractivity contribution < 1.29 is 28.5 Å². The van der Waals surface area contributed by atoms with E-state index in [-0.39, 0.29) is 6.61 Å². The molecule has 10 nitrogen and oxygen atoms in total. The molecule has 0 aliphatic carbocycles. The van der Waals surface area contributed by atoms with Crippen LogP contribution in [0, 0.1) is 0 Å². The Morgan fingerprint density at radius 2 is 1.36 bits per heavy atom. The Kier molecular flexibility index (Phi) is 16.2. The van der Waals surface area contributed by atoms with Crippen molar-refractivity contribution in [2.24, 2.45) is 5.11 Å². The fourth-order valence-corrected chi connectivity index (χ4v) is 1.18. The number of alkyl carbamates (subject to hydrolysis) is 1. The van der Waals surface area contributed by atoms with Gasteiger partial charge in [0.1, 0.15) is 6.61 Å². The normalized spacial score (nSPS) is 10.0. The van der Waals surface area contributed by atoms with E-state index < -0.39 is 6.09 Å². The minimum atomic E-state index is -0.473. The van der Waals surface area contributed by atoms with Crippen LogP contribution in [0.1, 0.15) is 0 Å². The lowest BCUT2D eigenvalue weighted by atomic mass is 10.7. The highest BCUT2D eigenvalue weighted by Crippen LogP contribution is 1.84. The van der Waals surface area contributed by atoms with Gasteiger partial charge in [0, 0.05) is 18.5 Å². The molecule has 1 amide bonds. The summed E-state index contributed by atoms with van der Waals surface area (Å²) in [6.45, 7) is 4.01. The summed E-state index contributed by atoms with van der Waals surface area (Å²) < 4.78 is 25.6. The van der Waals surface area contributed by atoms with Crippen molar-refractivity contribution in [1.82, 2.24) is 5.32 Å². The van der Waals surface area contributed by atoms with Crippen molar-refractivity contribution in [2.75, 3.05) is 73.1 Å². The number of ether oxygens (including phenoxy) is 5. The lowest BCUT2D eigenvalue weighted by Crippen LogP contribution is -2.21. The van der Waals surface area contributed by atoms with Crippen molar-refractivity contribution in [3.05, 3.63) is 10.4 Å². The third kappa shape index (κ3) is 16.5. The number of nitrogens with zero attached hydrogens (tertiary/aromatic N) is 3. The summed E-state index contributed by atoms with van der Waals surface area (Å²) in [5, 5.41) is 5.67. The molecule has 0 aliphatic rings. The number of carbonyl (C=O) groups excluding carboxylic acids is 1. The summed E-state index contributed by atoms with van der Waals surface area (Å²) in [5.74, 6) is 0. The number of amides is 1. The van der Waals surface area contributed by atoms with Crippen molar-refractivity contribution in [3.8, 4) is 0 Å². The van der Waals surface area contributed by atoms with Crippen molar-refractivity contribution >= 4 is 6.09 Å². The van der Waals surface area contributed by atoms with E-state index >= 15 is 0 Å². The highest BCUT2D eigenvalue weighted by atomic mass is 16.6. The van der Waals surface area contributed by atoms with Gasteiger partial charge in [0.15, 0.2) is 0 Å². The van der Waals surface area contributed by atoms with E-state index in [1.165, 1.54) is 7.05 Å². The standard InChI is InChI=1S/C12H24N4O6/c1-14-12(17)22-11-10-21-9-8-20-7-6-19-5-4-18-3-2-15-16-13/h2-11H2,1H3,(H,14,17). The average Bonchev–Trinajstić information content (AvgIpc) is 2.54. The van der Waals surface area contributed by atoms with Crippen molar-refractivity contribution in [2.45, 2.75) is 0 Å². The van der Waals surface area contributed by atoms with Gasteiger partial charge in [-0.15, -0.1) is 0 Å². The first-order valence-electron chi connectivity index (χ1n) is 6.97. The van der Waals surface area contributed by atoms with Crippen LogP contribution in [-0.4, -0.2) is 79.1 Å². The Morgan fingerprint density at radius 1 is 0.909 bits per heavy atom. The van der Waals surface area contributed by atoms with Gasteiger partial charge in [-0.05, 0) is 5.53 Å². The molecule has 10 heteroatoms. The maximum absolute atomic E-state index is 10.7. The van der Waals surface area contributed by atoms with Gasteiger partial charge in [0.25, 0.3) is 0 Å².